The molecule has 0 atom stereocenters. The van der Waals surface area contributed by atoms with Crippen molar-refractivity contribution in [2.24, 2.45) is 0 Å². The van der Waals surface area contributed by atoms with Gasteiger partial charge in [-0.15, -0.1) is 0 Å². The summed E-state index contributed by atoms with van der Waals surface area (Å²) in [6.45, 7) is 5.08. The minimum absolute atomic E-state index is 0.861. The van der Waals surface area contributed by atoms with Crippen LogP contribution in [0.4, 0.5) is 5.69 Å². The first-order valence-corrected chi connectivity index (χ1v) is 5.50. The molecule has 64 valence electrons. The molecular formula is C10H12NW-. The molecule has 0 aromatic heterocycles. The zero-order chi connectivity index (χ0) is 8.97. The van der Waals surface area contributed by atoms with E-state index in [0.29, 0.717) is 0 Å². The summed E-state index contributed by atoms with van der Waals surface area (Å²) in [6.07, 6.45) is 0. The molecular weight excluding hydrogens is 318 g/mol. The Morgan fingerprint density at radius 2 is 2.08 bits per heavy atom. The molecule has 1 aromatic carbocycles. The topological polar surface area (TPSA) is 14.1 Å². The van der Waals surface area contributed by atoms with Crippen LogP contribution < -0.4 is 0 Å². The number of hydrogen-bond donors (Lipinski definition) is 0. The van der Waals surface area contributed by atoms with Gasteiger partial charge in [0.2, 0.25) is 0 Å². The summed E-state index contributed by atoms with van der Waals surface area (Å²) in [7, 11) is 0. The predicted molar refractivity (Wildman–Crippen MR) is 49.8 cm³/mol. The third-order valence-corrected chi connectivity index (χ3v) is 2.40. The molecule has 1 nitrogen and oxygen atoms in total. The van der Waals surface area contributed by atoms with Crippen LogP contribution in [0, 0.1) is 0 Å². The van der Waals surface area contributed by atoms with Gasteiger partial charge in [0.25, 0.3) is 0 Å². The molecule has 0 aliphatic carbocycles. The quantitative estimate of drug-likeness (QED) is 0.809. The predicted octanol–water partition coefficient (Wildman–Crippen LogP) is 2.80. The molecule has 0 saturated heterocycles. The van der Waals surface area contributed by atoms with Gasteiger partial charge in [0.05, 0.1) is 0 Å². The van der Waals surface area contributed by atoms with Gasteiger partial charge in [-0.3, -0.25) is 0 Å². The molecule has 0 spiro atoms. The molecule has 0 saturated carbocycles. The Bertz CT molecular complexity index is 281. The van der Waals surface area contributed by atoms with Gasteiger partial charge in [-0.05, 0) is 0 Å². The molecule has 0 aliphatic heterocycles. The van der Waals surface area contributed by atoms with E-state index in [0.717, 1.165) is 12.2 Å². The van der Waals surface area contributed by atoms with Crippen molar-refractivity contribution in [3.05, 3.63) is 35.1 Å². The van der Waals surface area contributed by atoms with E-state index in [4.69, 9.17) is 0 Å². The number of benzene rings is 1. The summed E-state index contributed by atoms with van der Waals surface area (Å²) in [5, 5.41) is 4.42. The van der Waals surface area contributed by atoms with E-state index < -0.39 is 0 Å². The molecule has 0 fully saturated rings. The number of rotatable bonds is 3. The maximum absolute atomic E-state index is 4.42. The average Bonchev–Trinajstić information content (AvgIpc) is 2.05. The fraction of sp³-hybridized carbons (Fsp3) is 0.300. The van der Waals surface area contributed by atoms with Crippen molar-refractivity contribution in [2.45, 2.75) is 13.8 Å². The van der Waals surface area contributed by atoms with Crippen molar-refractivity contribution in [1.29, 1.82) is 0 Å². The normalized spacial score (nSPS) is 9.50. The second-order valence-electron chi connectivity index (χ2n) is 2.55. The minimum atomic E-state index is 0.861. The summed E-state index contributed by atoms with van der Waals surface area (Å²) in [5.74, 6) is 0. The van der Waals surface area contributed by atoms with Crippen LogP contribution >= 0.6 is 0 Å². The number of hydrogen-bond acceptors (Lipinski definition) is 0. The summed E-state index contributed by atoms with van der Waals surface area (Å²) in [5.41, 5.74) is 2.43. The van der Waals surface area contributed by atoms with E-state index in [-0.39, 0.29) is 0 Å². The van der Waals surface area contributed by atoms with E-state index in [1.54, 1.807) is 0 Å². The SMILES string of the molecule is CC[N-]c1ccccc1[C](C)=[W]. The summed E-state index contributed by atoms with van der Waals surface area (Å²) < 4.78 is 1.41. The van der Waals surface area contributed by atoms with Crippen LogP contribution in [0.3, 0.4) is 0 Å². The van der Waals surface area contributed by atoms with Crippen LogP contribution in [-0.4, -0.2) is 10.4 Å². The summed E-state index contributed by atoms with van der Waals surface area (Å²) in [4.78, 5) is 0. The van der Waals surface area contributed by atoms with Crippen LogP contribution in [0.1, 0.15) is 19.4 Å². The van der Waals surface area contributed by atoms with E-state index in [1.165, 1.54) is 28.8 Å². The van der Waals surface area contributed by atoms with Crippen LogP contribution in [0.5, 0.6) is 0 Å². The van der Waals surface area contributed by atoms with Crippen molar-refractivity contribution in [3.8, 4) is 0 Å². The zero-order valence-corrected chi connectivity index (χ0v) is 10.3. The molecule has 0 bridgehead atoms. The molecule has 0 N–H and O–H groups in total. The molecule has 1 aromatic rings. The molecule has 0 amide bonds. The fourth-order valence-electron chi connectivity index (χ4n) is 1.08. The van der Waals surface area contributed by atoms with Crippen LogP contribution in [0.15, 0.2) is 24.3 Å². The van der Waals surface area contributed by atoms with Gasteiger partial charge in [-0.1, -0.05) is 0 Å². The van der Waals surface area contributed by atoms with Crippen LogP contribution in [-0.2, 0) is 19.4 Å². The first-order chi connectivity index (χ1) is 5.75. The number of nitrogens with zero attached hydrogens (tertiary/aromatic N) is 1. The molecule has 0 aliphatic rings. The maximum atomic E-state index is 4.42. The van der Waals surface area contributed by atoms with Gasteiger partial charge < -0.3 is 0 Å². The Morgan fingerprint density at radius 3 is 2.67 bits per heavy atom. The standard InChI is InChI=1S/C10H12N.W/c1-3-9-7-5-6-8-10(9)11-4-2;/h5-8H,4H2,1-2H3;/q-1;. The second-order valence-corrected chi connectivity index (χ2v) is 4.75. The van der Waals surface area contributed by atoms with Crippen molar-refractivity contribution < 1.29 is 19.4 Å². The van der Waals surface area contributed by atoms with Crippen molar-refractivity contribution in [2.75, 3.05) is 6.54 Å². The molecule has 1 rings (SSSR count). The van der Waals surface area contributed by atoms with E-state index >= 15 is 0 Å². The van der Waals surface area contributed by atoms with Gasteiger partial charge >= 0.3 is 84.5 Å². The van der Waals surface area contributed by atoms with Gasteiger partial charge in [0.15, 0.2) is 0 Å². The Labute approximate surface area is 84.6 Å². The molecule has 0 radical (unpaired) electrons. The van der Waals surface area contributed by atoms with E-state index in [1.807, 2.05) is 6.07 Å². The summed E-state index contributed by atoms with van der Waals surface area (Å²) >= 11 is 1.52. The Balaban J connectivity index is 3.00. The van der Waals surface area contributed by atoms with Crippen LogP contribution in [0.25, 0.3) is 5.32 Å². The van der Waals surface area contributed by atoms with Gasteiger partial charge in [-0.2, -0.15) is 0 Å². The van der Waals surface area contributed by atoms with E-state index in [9.17, 15) is 0 Å². The first kappa shape index (κ1) is 9.66. The summed E-state index contributed by atoms with van der Waals surface area (Å²) in [6, 6.07) is 8.31. The molecule has 0 heterocycles. The Morgan fingerprint density at radius 1 is 1.42 bits per heavy atom. The third-order valence-electron chi connectivity index (χ3n) is 1.61. The third kappa shape index (κ3) is 2.28. The van der Waals surface area contributed by atoms with Gasteiger partial charge in [-0.25, -0.2) is 0 Å². The monoisotopic (exact) mass is 330 g/mol. The van der Waals surface area contributed by atoms with Gasteiger partial charge in [0, 0.05) is 0 Å². The average molecular weight is 330 g/mol. The first-order valence-electron chi connectivity index (χ1n) is 4.03. The zero-order valence-electron chi connectivity index (χ0n) is 7.37. The van der Waals surface area contributed by atoms with Crippen molar-refractivity contribution >= 4 is 9.59 Å². The van der Waals surface area contributed by atoms with E-state index in [2.05, 4.69) is 37.4 Å². The van der Waals surface area contributed by atoms with Gasteiger partial charge in [0.1, 0.15) is 0 Å². The molecule has 2 heteroatoms. The van der Waals surface area contributed by atoms with Crippen molar-refractivity contribution in [3.63, 3.8) is 0 Å². The molecule has 0 unspecified atom stereocenters. The Kier molecular flexibility index (Phi) is 3.68. The Hall–Kier alpha value is -0.422. The van der Waals surface area contributed by atoms with Crippen LogP contribution in [0.2, 0.25) is 0 Å². The molecule has 12 heavy (non-hydrogen) atoms. The second kappa shape index (κ2) is 4.57. The van der Waals surface area contributed by atoms with Crippen molar-refractivity contribution in [1.82, 2.24) is 0 Å². The fourth-order valence-corrected chi connectivity index (χ4v) is 1.70. The number of para-hydroxylation sites is 1.